The zero-order chi connectivity index (χ0) is 24.7. The highest BCUT2D eigenvalue weighted by Crippen LogP contribution is 2.24. The van der Waals surface area contributed by atoms with Gasteiger partial charge < -0.3 is 10.6 Å². The summed E-state index contributed by atoms with van der Waals surface area (Å²) in [6.45, 7) is 1.29. The van der Waals surface area contributed by atoms with Crippen molar-refractivity contribution in [2.45, 2.75) is 49.5 Å². The van der Waals surface area contributed by atoms with E-state index in [-0.39, 0.29) is 16.3 Å². The molecule has 1 aliphatic carbocycles. The molecule has 1 amide bonds. The lowest BCUT2D eigenvalue weighted by Crippen LogP contribution is -2.34. The number of anilines is 1. The number of amides is 1. The fourth-order valence-electron chi connectivity index (χ4n) is 4.18. The van der Waals surface area contributed by atoms with Crippen molar-refractivity contribution in [3.05, 3.63) is 71.4 Å². The minimum atomic E-state index is -3.99. The van der Waals surface area contributed by atoms with Crippen LogP contribution in [0.25, 0.3) is 5.69 Å². The van der Waals surface area contributed by atoms with Crippen molar-refractivity contribution in [1.82, 2.24) is 20.4 Å². The summed E-state index contributed by atoms with van der Waals surface area (Å²) in [5.41, 5.74) is 0.767. The Hall–Kier alpha value is -2.88. The summed E-state index contributed by atoms with van der Waals surface area (Å²) in [6, 6.07) is 15.4. The minimum absolute atomic E-state index is 0.0304. The summed E-state index contributed by atoms with van der Waals surface area (Å²) >= 11 is 5.90. The van der Waals surface area contributed by atoms with Crippen LogP contribution in [0.15, 0.2) is 65.7 Å². The summed E-state index contributed by atoms with van der Waals surface area (Å²) in [6.07, 6.45) is 8.44. The Balaban J connectivity index is 1.48. The smallest absolute Gasteiger partial charge is 0.263 e. The van der Waals surface area contributed by atoms with Crippen LogP contribution in [0.5, 0.6) is 0 Å². The lowest BCUT2D eigenvalue weighted by molar-refractivity contribution is 0.0954. The molecule has 3 N–H and O–H groups in total. The number of aromatic nitrogens is 2. The van der Waals surface area contributed by atoms with E-state index in [4.69, 9.17) is 11.6 Å². The van der Waals surface area contributed by atoms with Crippen LogP contribution in [0.4, 0.5) is 5.82 Å². The fourth-order valence-corrected chi connectivity index (χ4v) is 5.37. The molecule has 4 rings (SSSR count). The van der Waals surface area contributed by atoms with Gasteiger partial charge >= 0.3 is 0 Å². The number of nitrogens with zero attached hydrogens (tertiary/aromatic N) is 2. The van der Waals surface area contributed by atoms with Crippen molar-refractivity contribution in [1.29, 1.82) is 0 Å². The number of hydrogen-bond donors (Lipinski definition) is 3. The standard InChI is InChI=1S/C25H30ClN5O3S/c26-19-12-14-22(15-13-19)35(33,34)30-24-23(18-29-31(24)21-10-5-2-6-11-21)25(32)28-17-7-16-27-20-8-3-1-4-9-20/h2,5-6,10-15,18,20,27,30H,1,3-4,7-9,16-17H2,(H,28,32). The molecule has 0 saturated heterocycles. The van der Waals surface area contributed by atoms with Crippen LogP contribution in [0.2, 0.25) is 5.02 Å². The van der Waals surface area contributed by atoms with Gasteiger partial charge in [-0.05, 0) is 62.2 Å². The van der Waals surface area contributed by atoms with Crippen LogP contribution in [-0.4, -0.2) is 43.2 Å². The number of benzene rings is 2. The number of carbonyl (C=O) groups is 1. The molecular weight excluding hydrogens is 486 g/mol. The van der Waals surface area contributed by atoms with E-state index in [1.807, 2.05) is 18.2 Å². The predicted octanol–water partition coefficient (Wildman–Crippen LogP) is 4.37. The number of hydrogen-bond acceptors (Lipinski definition) is 5. The van der Waals surface area contributed by atoms with Crippen LogP contribution in [0.1, 0.15) is 48.9 Å². The van der Waals surface area contributed by atoms with Gasteiger partial charge in [-0.25, -0.2) is 13.1 Å². The molecule has 10 heteroatoms. The SMILES string of the molecule is O=C(NCCCNC1CCCCC1)c1cnn(-c2ccccc2)c1NS(=O)(=O)c1ccc(Cl)cc1. The minimum Gasteiger partial charge on any atom is -0.352 e. The molecule has 0 radical (unpaired) electrons. The first-order chi connectivity index (χ1) is 16.9. The molecule has 1 fully saturated rings. The Morgan fingerprint density at radius 1 is 1.00 bits per heavy atom. The van der Waals surface area contributed by atoms with Gasteiger partial charge in [0.15, 0.2) is 5.82 Å². The van der Waals surface area contributed by atoms with Gasteiger partial charge in [-0.2, -0.15) is 5.10 Å². The van der Waals surface area contributed by atoms with Crippen molar-refractivity contribution in [3.63, 3.8) is 0 Å². The van der Waals surface area contributed by atoms with E-state index in [0.717, 1.165) is 13.0 Å². The second-order valence-electron chi connectivity index (χ2n) is 8.61. The van der Waals surface area contributed by atoms with Crippen molar-refractivity contribution < 1.29 is 13.2 Å². The topological polar surface area (TPSA) is 105 Å². The largest absolute Gasteiger partial charge is 0.352 e. The Labute approximate surface area is 211 Å². The monoisotopic (exact) mass is 515 g/mol. The molecule has 1 aliphatic rings. The molecule has 3 aromatic rings. The lowest BCUT2D eigenvalue weighted by atomic mass is 9.95. The van der Waals surface area contributed by atoms with Crippen LogP contribution in [0, 0.1) is 0 Å². The zero-order valence-electron chi connectivity index (χ0n) is 19.4. The molecule has 0 spiro atoms. The van der Waals surface area contributed by atoms with Crippen molar-refractivity contribution >= 4 is 33.3 Å². The van der Waals surface area contributed by atoms with Gasteiger partial charge in [-0.15, -0.1) is 0 Å². The van der Waals surface area contributed by atoms with Gasteiger partial charge in [-0.1, -0.05) is 49.1 Å². The maximum absolute atomic E-state index is 13.1. The molecule has 0 bridgehead atoms. The number of para-hydroxylation sites is 1. The molecule has 35 heavy (non-hydrogen) atoms. The van der Waals surface area contributed by atoms with Gasteiger partial charge in [0.1, 0.15) is 5.56 Å². The second kappa shape index (κ2) is 11.7. The average molecular weight is 516 g/mol. The van der Waals surface area contributed by atoms with Gasteiger partial charge in [0, 0.05) is 17.6 Å². The zero-order valence-corrected chi connectivity index (χ0v) is 21.0. The van der Waals surface area contributed by atoms with Gasteiger partial charge in [0.25, 0.3) is 15.9 Å². The third-order valence-corrected chi connectivity index (χ3v) is 7.65. The molecule has 0 atom stereocenters. The summed E-state index contributed by atoms with van der Waals surface area (Å²) in [7, 11) is -3.99. The maximum Gasteiger partial charge on any atom is 0.263 e. The predicted molar refractivity (Wildman–Crippen MR) is 138 cm³/mol. The molecule has 0 unspecified atom stereocenters. The molecule has 1 heterocycles. The van der Waals surface area contributed by atoms with E-state index in [9.17, 15) is 13.2 Å². The van der Waals surface area contributed by atoms with Crippen molar-refractivity contribution in [2.75, 3.05) is 17.8 Å². The number of rotatable bonds is 10. The first-order valence-electron chi connectivity index (χ1n) is 11.9. The molecule has 1 aromatic heterocycles. The molecule has 186 valence electrons. The van der Waals surface area contributed by atoms with Crippen LogP contribution >= 0.6 is 11.6 Å². The summed E-state index contributed by atoms with van der Waals surface area (Å²) in [4.78, 5) is 13.0. The molecular formula is C25H30ClN5O3S. The second-order valence-corrected chi connectivity index (χ2v) is 10.7. The van der Waals surface area contributed by atoms with E-state index in [2.05, 4.69) is 20.5 Å². The Bertz CT molecular complexity index is 1220. The first kappa shape index (κ1) is 25.2. The van der Waals surface area contributed by atoms with Crippen LogP contribution in [-0.2, 0) is 10.0 Å². The number of nitrogens with one attached hydrogen (secondary N) is 3. The van der Waals surface area contributed by atoms with Gasteiger partial charge in [-0.3, -0.25) is 9.52 Å². The first-order valence-corrected chi connectivity index (χ1v) is 13.7. The van der Waals surface area contributed by atoms with E-state index in [1.165, 1.54) is 67.2 Å². The summed E-state index contributed by atoms with van der Waals surface area (Å²) < 4.78 is 30.1. The summed E-state index contributed by atoms with van der Waals surface area (Å²) in [5.74, 6) is -0.317. The maximum atomic E-state index is 13.1. The summed E-state index contributed by atoms with van der Waals surface area (Å²) in [5, 5.41) is 11.2. The fraction of sp³-hybridized carbons (Fsp3) is 0.360. The Morgan fingerprint density at radius 2 is 1.71 bits per heavy atom. The number of carbonyl (C=O) groups excluding carboxylic acids is 1. The van der Waals surface area contributed by atoms with E-state index >= 15 is 0 Å². The molecule has 1 saturated carbocycles. The third-order valence-electron chi connectivity index (χ3n) is 6.05. The highest BCUT2D eigenvalue weighted by atomic mass is 35.5. The van der Waals surface area contributed by atoms with E-state index in [0.29, 0.717) is 23.3 Å². The molecule has 2 aromatic carbocycles. The van der Waals surface area contributed by atoms with E-state index in [1.54, 1.807) is 12.1 Å². The van der Waals surface area contributed by atoms with Crippen molar-refractivity contribution in [3.8, 4) is 5.69 Å². The number of halogens is 1. The average Bonchev–Trinajstić information content (AvgIpc) is 3.28. The highest BCUT2D eigenvalue weighted by Gasteiger charge is 2.24. The van der Waals surface area contributed by atoms with Gasteiger partial charge in [0.2, 0.25) is 0 Å². The molecule has 0 aliphatic heterocycles. The molecule has 8 nitrogen and oxygen atoms in total. The van der Waals surface area contributed by atoms with Crippen LogP contribution in [0.3, 0.4) is 0 Å². The quantitative estimate of drug-likeness (QED) is 0.348. The highest BCUT2D eigenvalue weighted by molar-refractivity contribution is 7.92. The number of sulfonamides is 1. The van der Waals surface area contributed by atoms with Crippen molar-refractivity contribution in [2.24, 2.45) is 0 Å². The Kier molecular flexibility index (Phi) is 8.43. The lowest BCUT2D eigenvalue weighted by Gasteiger charge is -2.22. The third kappa shape index (κ3) is 6.62. The van der Waals surface area contributed by atoms with Gasteiger partial charge in [0.05, 0.1) is 16.8 Å². The normalized spacial score (nSPS) is 14.5. The van der Waals surface area contributed by atoms with E-state index < -0.39 is 15.9 Å². The Morgan fingerprint density at radius 3 is 2.43 bits per heavy atom. The van der Waals surface area contributed by atoms with Crippen LogP contribution < -0.4 is 15.4 Å².